The lowest BCUT2D eigenvalue weighted by molar-refractivity contribution is -0.134. The molecule has 2 heteroatoms. The molecule has 1 atom stereocenters. The van der Waals surface area contributed by atoms with E-state index in [9.17, 15) is 4.79 Å². The summed E-state index contributed by atoms with van der Waals surface area (Å²) >= 11 is 0. The summed E-state index contributed by atoms with van der Waals surface area (Å²) in [5, 5.41) is 0. The van der Waals surface area contributed by atoms with Gasteiger partial charge in [-0.05, 0) is 75.1 Å². The molecule has 0 N–H and O–H groups in total. The first kappa shape index (κ1) is 18.7. The zero-order valence-electron chi connectivity index (χ0n) is 16.4. The van der Waals surface area contributed by atoms with Crippen LogP contribution in [0.25, 0.3) is 0 Å². The lowest BCUT2D eigenvalue weighted by Gasteiger charge is -2.36. The predicted octanol–water partition coefficient (Wildman–Crippen LogP) is 5.17. The fourth-order valence-electron chi connectivity index (χ4n) is 4.41. The molecular formula is C24H31NO. The van der Waals surface area contributed by atoms with Gasteiger partial charge in [-0.2, -0.15) is 0 Å². The molecule has 1 aliphatic heterocycles. The van der Waals surface area contributed by atoms with Gasteiger partial charge >= 0.3 is 0 Å². The fraction of sp³-hybridized carbons (Fsp3) is 0.458. The highest BCUT2D eigenvalue weighted by Crippen LogP contribution is 2.23. The zero-order chi connectivity index (χ0) is 18.5. The van der Waals surface area contributed by atoms with E-state index in [1.807, 2.05) is 0 Å². The van der Waals surface area contributed by atoms with Crippen LogP contribution in [0, 0.1) is 20.8 Å². The first-order valence-electron chi connectivity index (χ1n) is 9.94. The minimum Gasteiger partial charge on any atom is -0.339 e. The second kappa shape index (κ2) is 8.53. The average molecular weight is 350 g/mol. The van der Waals surface area contributed by atoms with Crippen LogP contribution in [0.15, 0.2) is 42.5 Å². The quantitative estimate of drug-likeness (QED) is 0.729. The molecule has 2 aromatic carbocycles. The van der Waals surface area contributed by atoms with Gasteiger partial charge in [0.05, 0.1) is 0 Å². The molecule has 0 spiro atoms. The second-order valence-corrected chi connectivity index (χ2v) is 7.80. The van der Waals surface area contributed by atoms with Gasteiger partial charge in [0.15, 0.2) is 0 Å². The molecule has 0 saturated carbocycles. The third kappa shape index (κ3) is 4.55. The van der Waals surface area contributed by atoms with Crippen LogP contribution in [0.3, 0.4) is 0 Å². The Bertz CT molecular complexity index is 727. The molecule has 138 valence electrons. The number of nitrogens with zero attached hydrogens (tertiary/aromatic N) is 1. The number of carbonyl (C=O) groups excluding carboxylic acids is 1. The minimum atomic E-state index is 0.324. The number of carbonyl (C=O) groups is 1. The van der Waals surface area contributed by atoms with Crippen LogP contribution >= 0.6 is 0 Å². The van der Waals surface area contributed by atoms with E-state index in [0.29, 0.717) is 18.4 Å². The van der Waals surface area contributed by atoms with Gasteiger partial charge in [0.2, 0.25) is 5.91 Å². The third-order valence-corrected chi connectivity index (χ3v) is 5.69. The summed E-state index contributed by atoms with van der Waals surface area (Å²) in [6.45, 7) is 7.39. The standard InChI is InChI=1S/C24H31NO/c1-18-15-19(2)23(20(3)16-18)12-13-24(26)25-14-8-7-11-22(25)17-21-9-5-4-6-10-21/h4-6,9-10,15-16,22H,7-8,11-14,17H2,1-3H3/t22-/m1/s1. The van der Waals surface area contributed by atoms with Gasteiger partial charge in [-0.1, -0.05) is 48.0 Å². The molecule has 3 rings (SSSR count). The van der Waals surface area contributed by atoms with E-state index in [1.165, 1.54) is 34.2 Å². The summed E-state index contributed by atoms with van der Waals surface area (Å²) in [6.07, 6.45) is 5.96. The summed E-state index contributed by atoms with van der Waals surface area (Å²) in [5.41, 5.74) is 6.61. The number of rotatable bonds is 5. The first-order valence-corrected chi connectivity index (χ1v) is 9.94. The lowest BCUT2D eigenvalue weighted by Crippen LogP contribution is -2.45. The number of hydrogen-bond donors (Lipinski definition) is 0. The molecule has 26 heavy (non-hydrogen) atoms. The molecule has 2 nitrogen and oxygen atoms in total. The third-order valence-electron chi connectivity index (χ3n) is 5.69. The van der Waals surface area contributed by atoms with Gasteiger partial charge in [0.25, 0.3) is 0 Å². The molecule has 1 aliphatic rings. The normalized spacial score (nSPS) is 17.3. The highest BCUT2D eigenvalue weighted by Gasteiger charge is 2.26. The van der Waals surface area contributed by atoms with Crippen LogP contribution in [-0.2, 0) is 17.6 Å². The summed E-state index contributed by atoms with van der Waals surface area (Å²) in [7, 11) is 0. The molecule has 0 bridgehead atoms. The van der Waals surface area contributed by atoms with E-state index in [0.717, 1.165) is 32.2 Å². The van der Waals surface area contributed by atoms with E-state index < -0.39 is 0 Å². The molecule has 0 unspecified atom stereocenters. The van der Waals surface area contributed by atoms with Crippen molar-refractivity contribution in [2.45, 2.75) is 65.3 Å². The van der Waals surface area contributed by atoms with Crippen molar-refractivity contribution in [3.05, 3.63) is 70.3 Å². The summed E-state index contributed by atoms with van der Waals surface area (Å²) in [5.74, 6) is 0.324. The number of benzene rings is 2. The highest BCUT2D eigenvalue weighted by atomic mass is 16.2. The smallest absolute Gasteiger partial charge is 0.223 e. The van der Waals surface area contributed by atoms with Crippen molar-refractivity contribution in [2.75, 3.05) is 6.54 Å². The summed E-state index contributed by atoms with van der Waals surface area (Å²) < 4.78 is 0. The van der Waals surface area contributed by atoms with Crippen molar-refractivity contribution >= 4 is 5.91 Å². The van der Waals surface area contributed by atoms with Crippen LogP contribution < -0.4 is 0 Å². The molecule has 1 saturated heterocycles. The number of hydrogen-bond acceptors (Lipinski definition) is 1. The monoisotopic (exact) mass is 349 g/mol. The molecule has 0 aromatic heterocycles. The van der Waals surface area contributed by atoms with Crippen LogP contribution in [0.4, 0.5) is 0 Å². The maximum absolute atomic E-state index is 13.0. The fourth-order valence-corrected chi connectivity index (χ4v) is 4.41. The first-order chi connectivity index (χ1) is 12.5. The van der Waals surface area contributed by atoms with E-state index >= 15 is 0 Å². The maximum Gasteiger partial charge on any atom is 0.223 e. The number of amides is 1. The van der Waals surface area contributed by atoms with Crippen molar-refractivity contribution < 1.29 is 4.79 Å². The van der Waals surface area contributed by atoms with Crippen molar-refractivity contribution in [3.8, 4) is 0 Å². The van der Waals surface area contributed by atoms with Crippen molar-refractivity contribution in [2.24, 2.45) is 0 Å². The molecular weight excluding hydrogens is 318 g/mol. The minimum absolute atomic E-state index is 0.324. The number of piperidine rings is 1. The average Bonchev–Trinajstić information content (AvgIpc) is 2.62. The Morgan fingerprint density at radius 3 is 2.42 bits per heavy atom. The van der Waals surface area contributed by atoms with Crippen LogP contribution in [0.1, 0.15) is 53.5 Å². The highest BCUT2D eigenvalue weighted by molar-refractivity contribution is 5.77. The zero-order valence-corrected chi connectivity index (χ0v) is 16.4. The van der Waals surface area contributed by atoms with Crippen LogP contribution in [0.2, 0.25) is 0 Å². The molecule has 0 aliphatic carbocycles. The van der Waals surface area contributed by atoms with E-state index in [2.05, 4.69) is 68.1 Å². The van der Waals surface area contributed by atoms with Crippen molar-refractivity contribution in [3.63, 3.8) is 0 Å². The van der Waals surface area contributed by atoms with Gasteiger partial charge in [-0.15, -0.1) is 0 Å². The van der Waals surface area contributed by atoms with E-state index in [1.54, 1.807) is 0 Å². The molecule has 1 amide bonds. The van der Waals surface area contributed by atoms with Gasteiger partial charge in [0, 0.05) is 19.0 Å². The number of aryl methyl sites for hydroxylation is 3. The molecule has 0 radical (unpaired) electrons. The van der Waals surface area contributed by atoms with Crippen molar-refractivity contribution in [1.82, 2.24) is 4.90 Å². The van der Waals surface area contributed by atoms with Crippen LogP contribution in [0.5, 0.6) is 0 Å². The SMILES string of the molecule is Cc1cc(C)c(CCC(=O)N2CCCC[C@@H]2Cc2ccccc2)c(C)c1. The van der Waals surface area contributed by atoms with Crippen LogP contribution in [-0.4, -0.2) is 23.4 Å². The Kier molecular flexibility index (Phi) is 6.13. The van der Waals surface area contributed by atoms with Gasteiger partial charge in [-0.25, -0.2) is 0 Å². The molecule has 1 fully saturated rings. The molecule has 2 aromatic rings. The largest absolute Gasteiger partial charge is 0.339 e. The Balaban J connectivity index is 1.65. The topological polar surface area (TPSA) is 20.3 Å². The Hall–Kier alpha value is -2.09. The predicted molar refractivity (Wildman–Crippen MR) is 108 cm³/mol. The van der Waals surface area contributed by atoms with E-state index in [4.69, 9.17) is 0 Å². The second-order valence-electron chi connectivity index (χ2n) is 7.80. The van der Waals surface area contributed by atoms with Crippen molar-refractivity contribution in [1.29, 1.82) is 0 Å². The van der Waals surface area contributed by atoms with Gasteiger partial charge in [0.1, 0.15) is 0 Å². The molecule has 1 heterocycles. The lowest BCUT2D eigenvalue weighted by atomic mass is 9.93. The van der Waals surface area contributed by atoms with Gasteiger partial charge < -0.3 is 4.90 Å². The Morgan fingerprint density at radius 2 is 1.73 bits per heavy atom. The van der Waals surface area contributed by atoms with E-state index in [-0.39, 0.29) is 0 Å². The Labute approximate surface area is 158 Å². The van der Waals surface area contributed by atoms with Gasteiger partial charge in [-0.3, -0.25) is 4.79 Å². The number of likely N-dealkylation sites (tertiary alicyclic amines) is 1. The maximum atomic E-state index is 13.0. The summed E-state index contributed by atoms with van der Waals surface area (Å²) in [4.78, 5) is 15.1. The Morgan fingerprint density at radius 1 is 1.04 bits per heavy atom. The summed E-state index contributed by atoms with van der Waals surface area (Å²) in [6, 6.07) is 15.4.